The standard InChI is InChI=1S/C17H17Br2NO/c18-14-8-11(9-15(19)17(14)21)10-20-16-7-3-5-12-4-1-2-6-13(12)16/h1-2,4,6,8-9,16,20-21H,3,5,7,10H2. The van der Waals surface area contributed by atoms with Gasteiger partial charge in [-0.05, 0) is 79.9 Å². The van der Waals surface area contributed by atoms with Crippen molar-refractivity contribution < 1.29 is 5.11 Å². The Morgan fingerprint density at radius 2 is 1.86 bits per heavy atom. The molecular formula is C17H17Br2NO. The van der Waals surface area contributed by atoms with Gasteiger partial charge in [-0.1, -0.05) is 24.3 Å². The lowest BCUT2D eigenvalue weighted by Crippen LogP contribution is -2.24. The number of fused-ring (bicyclic) bond motifs is 1. The highest BCUT2D eigenvalue weighted by Gasteiger charge is 2.19. The van der Waals surface area contributed by atoms with Crippen molar-refractivity contribution >= 4 is 31.9 Å². The molecule has 0 saturated heterocycles. The molecule has 0 aliphatic heterocycles. The van der Waals surface area contributed by atoms with Crippen molar-refractivity contribution in [2.45, 2.75) is 31.8 Å². The third-order valence-electron chi connectivity index (χ3n) is 4.00. The van der Waals surface area contributed by atoms with Crippen LogP contribution in [0.2, 0.25) is 0 Å². The monoisotopic (exact) mass is 409 g/mol. The summed E-state index contributed by atoms with van der Waals surface area (Å²) in [5.41, 5.74) is 4.05. The number of hydrogen-bond donors (Lipinski definition) is 2. The molecule has 0 aromatic heterocycles. The second-order valence-electron chi connectivity index (χ2n) is 5.43. The fourth-order valence-corrected chi connectivity index (χ4v) is 4.21. The smallest absolute Gasteiger partial charge is 0.143 e. The highest BCUT2D eigenvalue weighted by molar-refractivity contribution is 9.11. The van der Waals surface area contributed by atoms with E-state index >= 15 is 0 Å². The first kappa shape index (κ1) is 15.1. The predicted molar refractivity (Wildman–Crippen MR) is 92.5 cm³/mol. The van der Waals surface area contributed by atoms with Crippen LogP contribution in [0.15, 0.2) is 45.3 Å². The largest absolute Gasteiger partial charge is 0.506 e. The predicted octanol–water partition coefficient (Wildman–Crippen LogP) is 5.08. The summed E-state index contributed by atoms with van der Waals surface area (Å²) >= 11 is 6.76. The van der Waals surface area contributed by atoms with Crippen LogP contribution < -0.4 is 5.32 Å². The van der Waals surface area contributed by atoms with Crippen molar-refractivity contribution in [3.8, 4) is 5.75 Å². The molecule has 1 unspecified atom stereocenters. The second-order valence-corrected chi connectivity index (χ2v) is 7.14. The van der Waals surface area contributed by atoms with Gasteiger partial charge < -0.3 is 10.4 Å². The first-order chi connectivity index (χ1) is 10.1. The van der Waals surface area contributed by atoms with Gasteiger partial charge in [-0.15, -0.1) is 0 Å². The lowest BCUT2D eigenvalue weighted by Gasteiger charge is -2.26. The third-order valence-corrected chi connectivity index (χ3v) is 5.21. The van der Waals surface area contributed by atoms with E-state index in [-0.39, 0.29) is 5.75 Å². The summed E-state index contributed by atoms with van der Waals surface area (Å²) < 4.78 is 1.44. The molecule has 110 valence electrons. The van der Waals surface area contributed by atoms with Crippen molar-refractivity contribution in [2.75, 3.05) is 0 Å². The maximum atomic E-state index is 9.76. The van der Waals surface area contributed by atoms with E-state index in [4.69, 9.17) is 0 Å². The Balaban J connectivity index is 1.74. The van der Waals surface area contributed by atoms with Crippen molar-refractivity contribution in [3.05, 3.63) is 62.0 Å². The number of hydrogen-bond acceptors (Lipinski definition) is 2. The van der Waals surface area contributed by atoms with Crippen LogP contribution >= 0.6 is 31.9 Å². The number of nitrogens with one attached hydrogen (secondary N) is 1. The molecule has 2 aromatic carbocycles. The van der Waals surface area contributed by atoms with Gasteiger partial charge in [0.05, 0.1) is 8.95 Å². The fourth-order valence-electron chi connectivity index (χ4n) is 2.93. The number of benzene rings is 2. The van der Waals surface area contributed by atoms with E-state index in [1.807, 2.05) is 12.1 Å². The zero-order valence-corrected chi connectivity index (χ0v) is 14.7. The van der Waals surface area contributed by atoms with Crippen LogP contribution in [0.4, 0.5) is 0 Å². The van der Waals surface area contributed by atoms with Gasteiger partial charge in [-0.2, -0.15) is 0 Å². The molecule has 0 radical (unpaired) electrons. The van der Waals surface area contributed by atoms with Gasteiger partial charge in [0, 0.05) is 12.6 Å². The maximum Gasteiger partial charge on any atom is 0.143 e. The number of phenols is 1. The summed E-state index contributed by atoms with van der Waals surface area (Å²) in [6.07, 6.45) is 3.60. The first-order valence-corrected chi connectivity index (χ1v) is 8.72. The van der Waals surface area contributed by atoms with Gasteiger partial charge >= 0.3 is 0 Å². The molecule has 2 nitrogen and oxygen atoms in total. The Kier molecular flexibility index (Phi) is 4.67. The van der Waals surface area contributed by atoms with Gasteiger partial charge in [0.15, 0.2) is 0 Å². The van der Waals surface area contributed by atoms with Crippen LogP contribution in [-0.2, 0) is 13.0 Å². The number of rotatable bonds is 3. The topological polar surface area (TPSA) is 32.3 Å². The Hall–Kier alpha value is -0.840. The van der Waals surface area contributed by atoms with Crippen LogP contribution in [0.5, 0.6) is 5.75 Å². The average Bonchev–Trinajstić information content (AvgIpc) is 2.50. The SMILES string of the molecule is Oc1c(Br)cc(CNC2CCCc3ccccc32)cc1Br. The summed E-state index contributed by atoms with van der Waals surface area (Å²) in [5.74, 6) is 0.252. The van der Waals surface area contributed by atoms with E-state index in [2.05, 4.69) is 61.4 Å². The Morgan fingerprint density at radius 1 is 1.14 bits per heavy atom. The number of aromatic hydroxyl groups is 1. The van der Waals surface area contributed by atoms with Gasteiger partial charge in [-0.25, -0.2) is 0 Å². The van der Waals surface area contributed by atoms with Gasteiger partial charge in [-0.3, -0.25) is 0 Å². The van der Waals surface area contributed by atoms with E-state index in [1.54, 1.807) is 0 Å². The summed E-state index contributed by atoms with van der Waals surface area (Å²) in [4.78, 5) is 0. The Bertz CT molecular complexity index is 634. The van der Waals surface area contributed by atoms with Crippen LogP contribution in [-0.4, -0.2) is 5.11 Å². The highest BCUT2D eigenvalue weighted by atomic mass is 79.9. The van der Waals surface area contributed by atoms with Crippen molar-refractivity contribution in [2.24, 2.45) is 0 Å². The van der Waals surface area contributed by atoms with Crippen LogP contribution in [0, 0.1) is 0 Å². The number of halogens is 2. The summed E-state index contributed by atoms with van der Waals surface area (Å²) in [7, 11) is 0. The summed E-state index contributed by atoms with van der Waals surface area (Å²) in [5, 5.41) is 13.4. The average molecular weight is 411 g/mol. The highest BCUT2D eigenvalue weighted by Crippen LogP contribution is 2.34. The molecule has 0 fully saturated rings. The normalized spacial score (nSPS) is 17.5. The molecule has 1 aliphatic carbocycles. The molecule has 0 heterocycles. The zero-order valence-electron chi connectivity index (χ0n) is 11.6. The third kappa shape index (κ3) is 3.33. The van der Waals surface area contributed by atoms with Crippen LogP contribution in [0.3, 0.4) is 0 Å². The lowest BCUT2D eigenvalue weighted by molar-refractivity contribution is 0.456. The van der Waals surface area contributed by atoms with Gasteiger partial charge in [0.2, 0.25) is 0 Å². The van der Waals surface area contributed by atoms with E-state index in [0.29, 0.717) is 6.04 Å². The van der Waals surface area contributed by atoms with E-state index < -0.39 is 0 Å². The van der Waals surface area contributed by atoms with Crippen molar-refractivity contribution in [1.29, 1.82) is 0 Å². The minimum absolute atomic E-state index is 0.252. The second kappa shape index (κ2) is 6.51. The van der Waals surface area contributed by atoms with Gasteiger partial charge in [0.1, 0.15) is 5.75 Å². The van der Waals surface area contributed by atoms with E-state index in [1.165, 1.54) is 30.4 Å². The molecule has 3 rings (SSSR count). The fraction of sp³-hybridized carbons (Fsp3) is 0.294. The molecule has 4 heteroatoms. The van der Waals surface area contributed by atoms with Gasteiger partial charge in [0.25, 0.3) is 0 Å². The Labute approximate surface area is 141 Å². The first-order valence-electron chi connectivity index (χ1n) is 7.13. The summed E-state index contributed by atoms with van der Waals surface area (Å²) in [6, 6.07) is 13.0. The van der Waals surface area contributed by atoms with Crippen molar-refractivity contribution in [3.63, 3.8) is 0 Å². The molecule has 0 bridgehead atoms. The Morgan fingerprint density at radius 3 is 2.62 bits per heavy atom. The van der Waals surface area contributed by atoms with Crippen LogP contribution in [0.25, 0.3) is 0 Å². The zero-order chi connectivity index (χ0) is 14.8. The molecule has 1 atom stereocenters. The molecule has 2 N–H and O–H groups in total. The summed E-state index contributed by atoms with van der Waals surface area (Å²) in [6.45, 7) is 0.788. The number of phenolic OH excluding ortho intramolecular Hbond substituents is 1. The molecule has 0 spiro atoms. The maximum absolute atomic E-state index is 9.76. The molecule has 0 saturated carbocycles. The molecule has 1 aliphatic rings. The minimum Gasteiger partial charge on any atom is -0.506 e. The quantitative estimate of drug-likeness (QED) is 0.738. The molecule has 0 amide bonds. The minimum atomic E-state index is 0.252. The lowest BCUT2D eigenvalue weighted by atomic mass is 9.87. The van der Waals surface area contributed by atoms with E-state index in [0.717, 1.165) is 21.1 Å². The molecular weight excluding hydrogens is 394 g/mol. The number of aryl methyl sites for hydroxylation is 1. The van der Waals surface area contributed by atoms with Crippen LogP contribution in [0.1, 0.15) is 35.6 Å². The molecule has 21 heavy (non-hydrogen) atoms. The van der Waals surface area contributed by atoms with Crippen molar-refractivity contribution in [1.82, 2.24) is 5.32 Å². The molecule has 2 aromatic rings. The van der Waals surface area contributed by atoms with E-state index in [9.17, 15) is 5.11 Å².